The van der Waals surface area contributed by atoms with Crippen molar-refractivity contribution < 1.29 is 9.84 Å². The molecule has 0 fully saturated rings. The van der Waals surface area contributed by atoms with Gasteiger partial charge in [-0.15, -0.1) is 0 Å². The number of hydrogen-bond acceptors (Lipinski definition) is 3. The highest BCUT2D eigenvalue weighted by Crippen LogP contribution is 2.18. The van der Waals surface area contributed by atoms with Crippen molar-refractivity contribution >= 4 is 0 Å². The quantitative estimate of drug-likeness (QED) is 0.721. The van der Waals surface area contributed by atoms with Gasteiger partial charge in [-0.25, -0.2) is 0 Å². The van der Waals surface area contributed by atoms with E-state index in [1.165, 1.54) is 5.56 Å². The minimum atomic E-state index is -0.305. The molecule has 0 aliphatic rings. The van der Waals surface area contributed by atoms with Crippen molar-refractivity contribution in [2.24, 2.45) is 0 Å². The van der Waals surface area contributed by atoms with Gasteiger partial charge in [0.25, 0.3) is 0 Å². The third-order valence-electron chi connectivity index (χ3n) is 2.31. The Hall–Kier alpha value is -1.06. The van der Waals surface area contributed by atoms with Crippen LogP contribution in [0.25, 0.3) is 0 Å². The smallest absolute Gasteiger partial charge is 0.122 e. The van der Waals surface area contributed by atoms with Crippen LogP contribution >= 0.6 is 0 Å². The fourth-order valence-corrected chi connectivity index (χ4v) is 1.51. The van der Waals surface area contributed by atoms with E-state index < -0.39 is 0 Å². The van der Waals surface area contributed by atoms with E-state index in [0.29, 0.717) is 13.2 Å². The number of rotatable bonds is 6. The molecular formula is C13H21NO2. The third kappa shape index (κ3) is 4.64. The Morgan fingerprint density at radius 1 is 1.38 bits per heavy atom. The predicted octanol–water partition coefficient (Wildman–Crippen LogP) is 1.65. The molecule has 1 unspecified atom stereocenters. The number of aryl methyl sites for hydroxylation is 2. The van der Waals surface area contributed by atoms with Gasteiger partial charge >= 0.3 is 0 Å². The molecule has 0 aliphatic heterocycles. The van der Waals surface area contributed by atoms with Crippen LogP contribution in [-0.2, 0) is 0 Å². The lowest BCUT2D eigenvalue weighted by molar-refractivity contribution is 0.188. The monoisotopic (exact) mass is 223 g/mol. The lowest BCUT2D eigenvalue weighted by atomic mass is 10.1. The molecule has 1 atom stereocenters. The van der Waals surface area contributed by atoms with E-state index >= 15 is 0 Å². The van der Waals surface area contributed by atoms with E-state index in [2.05, 4.69) is 18.3 Å². The second-order valence-electron chi connectivity index (χ2n) is 4.17. The van der Waals surface area contributed by atoms with Crippen LogP contribution < -0.4 is 10.1 Å². The summed E-state index contributed by atoms with van der Waals surface area (Å²) in [6.07, 6.45) is -0.305. The van der Waals surface area contributed by atoms with E-state index in [-0.39, 0.29) is 6.10 Å². The summed E-state index contributed by atoms with van der Waals surface area (Å²) >= 11 is 0. The number of aliphatic hydroxyl groups excluding tert-OH is 1. The first-order valence-electron chi connectivity index (χ1n) is 5.68. The van der Waals surface area contributed by atoms with E-state index in [1.807, 2.05) is 19.1 Å². The number of aliphatic hydroxyl groups is 1. The van der Waals surface area contributed by atoms with Crippen LogP contribution in [0.5, 0.6) is 5.75 Å². The maximum absolute atomic E-state index is 9.04. The highest BCUT2D eigenvalue weighted by atomic mass is 16.5. The van der Waals surface area contributed by atoms with Gasteiger partial charge in [-0.1, -0.05) is 17.7 Å². The number of nitrogens with one attached hydrogen (secondary N) is 1. The van der Waals surface area contributed by atoms with Crippen molar-refractivity contribution in [3.05, 3.63) is 29.3 Å². The summed E-state index contributed by atoms with van der Waals surface area (Å²) in [7, 11) is 0. The molecule has 0 bridgehead atoms. The Balaban J connectivity index is 2.27. The Labute approximate surface area is 97.4 Å². The highest BCUT2D eigenvalue weighted by molar-refractivity contribution is 5.35. The zero-order valence-corrected chi connectivity index (χ0v) is 10.3. The first-order chi connectivity index (χ1) is 7.59. The molecule has 90 valence electrons. The number of hydrogen-bond donors (Lipinski definition) is 2. The van der Waals surface area contributed by atoms with Crippen LogP contribution in [0.4, 0.5) is 0 Å². The first-order valence-corrected chi connectivity index (χ1v) is 5.68. The summed E-state index contributed by atoms with van der Waals surface area (Å²) in [4.78, 5) is 0. The molecule has 3 nitrogen and oxygen atoms in total. The van der Waals surface area contributed by atoms with E-state index in [4.69, 9.17) is 9.84 Å². The van der Waals surface area contributed by atoms with Crippen LogP contribution in [0.2, 0.25) is 0 Å². The maximum Gasteiger partial charge on any atom is 0.122 e. The van der Waals surface area contributed by atoms with Gasteiger partial charge in [-0.2, -0.15) is 0 Å². The fraction of sp³-hybridized carbons (Fsp3) is 0.538. The van der Waals surface area contributed by atoms with Gasteiger partial charge in [0.1, 0.15) is 12.4 Å². The van der Waals surface area contributed by atoms with Gasteiger partial charge in [-0.05, 0) is 32.4 Å². The lowest BCUT2D eigenvalue weighted by Gasteiger charge is -2.11. The van der Waals surface area contributed by atoms with Crippen molar-refractivity contribution in [1.29, 1.82) is 0 Å². The zero-order valence-electron chi connectivity index (χ0n) is 10.3. The molecule has 1 aromatic carbocycles. The van der Waals surface area contributed by atoms with Gasteiger partial charge in [0, 0.05) is 13.1 Å². The average molecular weight is 223 g/mol. The molecule has 2 N–H and O–H groups in total. The second kappa shape index (κ2) is 6.51. The summed E-state index contributed by atoms with van der Waals surface area (Å²) in [6.45, 7) is 7.86. The molecule has 16 heavy (non-hydrogen) atoms. The van der Waals surface area contributed by atoms with Crippen molar-refractivity contribution in [2.75, 3.05) is 19.7 Å². The Bertz CT molecular complexity index is 324. The van der Waals surface area contributed by atoms with Crippen LogP contribution in [0.1, 0.15) is 18.1 Å². The maximum atomic E-state index is 9.04. The molecule has 0 heterocycles. The van der Waals surface area contributed by atoms with E-state index in [0.717, 1.165) is 17.9 Å². The van der Waals surface area contributed by atoms with Gasteiger partial charge in [0.15, 0.2) is 0 Å². The topological polar surface area (TPSA) is 41.5 Å². The van der Waals surface area contributed by atoms with E-state index in [9.17, 15) is 0 Å². The van der Waals surface area contributed by atoms with Crippen LogP contribution in [0, 0.1) is 13.8 Å². The lowest BCUT2D eigenvalue weighted by Crippen LogP contribution is -2.28. The first kappa shape index (κ1) is 13.0. The molecule has 1 rings (SSSR count). The summed E-state index contributed by atoms with van der Waals surface area (Å²) in [5.41, 5.74) is 2.41. The number of ether oxygens (including phenoxy) is 1. The van der Waals surface area contributed by atoms with Crippen molar-refractivity contribution in [3.8, 4) is 5.75 Å². The summed E-state index contributed by atoms with van der Waals surface area (Å²) in [6, 6.07) is 6.16. The summed E-state index contributed by atoms with van der Waals surface area (Å²) < 4.78 is 5.63. The molecule has 3 heteroatoms. The second-order valence-corrected chi connectivity index (χ2v) is 4.17. The zero-order chi connectivity index (χ0) is 12.0. The van der Waals surface area contributed by atoms with Gasteiger partial charge in [0.2, 0.25) is 0 Å². The SMILES string of the molecule is Cc1ccc(OCCNCC(C)O)c(C)c1. The Morgan fingerprint density at radius 2 is 2.12 bits per heavy atom. The highest BCUT2D eigenvalue weighted by Gasteiger charge is 1.99. The Morgan fingerprint density at radius 3 is 2.75 bits per heavy atom. The van der Waals surface area contributed by atoms with Crippen molar-refractivity contribution in [1.82, 2.24) is 5.32 Å². The molecule has 0 saturated heterocycles. The number of benzene rings is 1. The van der Waals surface area contributed by atoms with Crippen LogP contribution in [-0.4, -0.2) is 30.9 Å². The molecule has 0 radical (unpaired) electrons. The fourth-order valence-electron chi connectivity index (χ4n) is 1.51. The predicted molar refractivity (Wildman–Crippen MR) is 66.0 cm³/mol. The van der Waals surface area contributed by atoms with Gasteiger partial charge in [0.05, 0.1) is 6.10 Å². The summed E-state index contributed by atoms with van der Waals surface area (Å²) in [5.74, 6) is 0.935. The molecule has 0 amide bonds. The summed E-state index contributed by atoms with van der Waals surface area (Å²) in [5, 5.41) is 12.2. The van der Waals surface area contributed by atoms with Crippen molar-refractivity contribution in [2.45, 2.75) is 26.9 Å². The molecular weight excluding hydrogens is 202 g/mol. The molecule has 1 aromatic rings. The van der Waals surface area contributed by atoms with Gasteiger partial charge in [-0.3, -0.25) is 0 Å². The molecule has 0 saturated carbocycles. The molecule has 0 spiro atoms. The van der Waals surface area contributed by atoms with Crippen molar-refractivity contribution in [3.63, 3.8) is 0 Å². The van der Waals surface area contributed by atoms with Crippen LogP contribution in [0.3, 0.4) is 0 Å². The largest absolute Gasteiger partial charge is 0.492 e. The standard InChI is InChI=1S/C13H21NO2/c1-10-4-5-13(11(2)8-10)16-7-6-14-9-12(3)15/h4-5,8,12,14-15H,6-7,9H2,1-3H3. The molecule has 0 aromatic heterocycles. The average Bonchev–Trinajstić information content (AvgIpc) is 2.20. The third-order valence-corrected chi connectivity index (χ3v) is 2.31. The minimum absolute atomic E-state index is 0.305. The Kier molecular flexibility index (Phi) is 5.29. The van der Waals surface area contributed by atoms with Crippen LogP contribution in [0.15, 0.2) is 18.2 Å². The minimum Gasteiger partial charge on any atom is -0.492 e. The normalized spacial score (nSPS) is 12.5. The van der Waals surface area contributed by atoms with E-state index in [1.54, 1.807) is 6.92 Å². The van der Waals surface area contributed by atoms with Gasteiger partial charge < -0.3 is 15.2 Å². The molecule has 0 aliphatic carbocycles.